The van der Waals surface area contributed by atoms with E-state index in [1.54, 1.807) is 0 Å². The lowest BCUT2D eigenvalue weighted by Gasteiger charge is -2.45. The highest BCUT2D eigenvalue weighted by molar-refractivity contribution is 5.15. The summed E-state index contributed by atoms with van der Waals surface area (Å²) >= 11 is 0. The van der Waals surface area contributed by atoms with Gasteiger partial charge >= 0.3 is 0 Å². The van der Waals surface area contributed by atoms with E-state index in [9.17, 15) is 0 Å². The summed E-state index contributed by atoms with van der Waals surface area (Å²) in [4.78, 5) is 2.63. The highest BCUT2D eigenvalue weighted by atomic mass is 15.2. The minimum absolute atomic E-state index is 0.303. The number of nitrogens with two attached hydrogens (primary N) is 1. The predicted octanol–water partition coefficient (Wildman–Crippen LogP) is 2.68. The monoisotopic (exact) mass is 246 g/mol. The molecule has 0 spiro atoms. The second kappa shape index (κ2) is 5.85. The molecule has 0 saturated carbocycles. The molecule has 1 atom stereocenters. The Hall–Kier alpha value is -0.860. The first-order chi connectivity index (χ1) is 8.62. The molecule has 0 radical (unpaired) electrons. The zero-order chi connectivity index (χ0) is 13.0. The average molecular weight is 246 g/mol. The first-order valence-electron chi connectivity index (χ1n) is 7.11. The van der Waals surface area contributed by atoms with Crippen LogP contribution in [0.4, 0.5) is 0 Å². The lowest BCUT2D eigenvalue weighted by Crippen LogP contribution is -2.51. The Bertz CT molecular complexity index is 359. The molecular weight excluding hydrogens is 220 g/mol. The Morgan fingerprint density at radius 1 is 1.28 bits per heavy atom. The molecule has 2 rings (SSSR count). The molecule has 100 valence electrons. The van der Waals surface area contributed by atoms with Crippen LogP contribution in [0, 0.1) is 5.92 Å². The van der Waals surface area contributed by atoms with E-state index in [-0.39, 0.29) is 0 Å². The first-order valence-corrected chi connectivity index (χ1v) is 7.11. The zero-order valence-corrected chi connectivity index (χ0v) is 11.7. The molecule has 0 aromatic heterocycles. The van der Waals surface area contributed by atoms with Gasteiger partial charge in [-0.25, -0.2) is 0 Å². The van der Waals surface area contributed by atoms with Gasteiger partial charge in [0.1, 0.15) is 0 Å². The fourth-order valence-corrected chi connectivity index (χ4v) is 3.10. The SMILES string of the molecule is CC1(C)CC(CN)CCN1CCc1ccccc1. The topological polar surface area (TPSA) is 29.3 Å². The third kappa shape index (κ3) is 3.33. The third-order valence-electron chi connectivity index (χ3n) is 4.30. The molecule has 1 aromatic rings. The molecule has 2 heteroatoms. The molecule has 2 nitrogen and oxygen atoms in total. The average Bonchev–Trinajstić information content (AvgIpc) is 2.37. The summed E-state index contributed by atoms with van der Waals surface area (Å²) in [6.07, 6.45) is 3.64. The summed E-state index contributed by atoms with van der Waals surface area (Å²) in [5.74, 6) is 0.716. The van der Waals surface area contributed by atoms with Crippen LogP contribution in [0.5, 0.6) is 0 Å². The molecule has 0 bridgehead atoms. The fourth-order valence-electron chi connectivity index (χ4n) is 3.10. The third-order valence-corrected chi connectivity index (χ3v) is 4.30. The number of likely N-dealkylation sites (tertiary alicyclic amines) is 1. The van der Waals surface area contributed by atoms with Crippen LogP contribution in [0.2, 0.25) is 0 Å². The standard InChI is InChI=1S/C16H26N2/c1-16(2)12-15(13-17)9-11-18(16)10-8-14-6-4-3-5-7-14/h3-7,15H,8-13,17H2,1-2H3. The van der Waals surface area contributed by atoms with E-state index in [1.165, 1.54) is 24.9 Å². The van der Waals surface area contributed by atoms with Gasteiger partial charge in [-0.15, -0.1) is 0 Å². The van der Waals surface area contributed by atoms with Crippen molar-refractivity contribution < 1.29 is 0 Å². The molecule has 2 N–H and O–H groups in total. The largest absolute Gasteiger partial charge is 0.330 e. The van der Waals surface area contributed by atoms with Crippen molar-refractivity contribution in [3.8, 4) is 0 Å². The lowest BCUT2D eigenvalue weighted by atomic mass is 9.82. The predicted molar refractivity (Wildman–Crippen MR) is 77.6 cm³/mol. The van der Waals surface area contributed by atoms with Gasteiger partial charge in [-0.3, -0.25) is 4.90 Å². The van der Waals surface area contributed by atoms with Crippen LogP contribution in [0.25, 0.3) is 0 Å². The number of rotatable bonds is 4. The van der Waals surface area contributed by atoms with Crippen molar-refractivity contribution >= 4 is 0 Å². The van der Waals surface area contributed by atoms with Crippen LogP contribution >= 0.6 is 0 Å². The van der Waals surface area contributed by atoms with Crippen molar-refractivity contribution in [2.75, 3.05) is 19.6 Å². The molecule has 1 unspecified atom stereocenters. The van der Waals surface area contributed by atoms with Crippen molar-refractivity contribution in [2.24, 2.45) is 11.7 Å². The summed E-state index contributed by atoms with van der Waals surface area (Å²) in [5, 5.41) is 0. The van der Waals surface area contributed by atoms with E-state index in [0.717, 1.165) is 19.5 Å². The Labute approximate surface area is 111 Å². The number of piperidine rings is 1. The number of nitrogens with zero attached hydrogens (tertiary/aromatic N) is 1. The smallest absolute Gasteiger partial charge is 0.0156 e. The van der Waals surface area contributed by atoms with Gasteiger partial charge in [0.2, 0.25) is 0 Å². The van der Waals surface area contributed by atoms with Gasteiger partial charge in [-0.05, 0) is 57.7 Å². The van der Waals surface area contributed by atoms with Gasteiger partial charge in [0.05, 0.1) is 0 Å². The number of hydrogen-bond donors (Lipinski definition) is 1. The molecule has 1 fully saturated rings. The van der Waals surface area contributed by atoms with E-state index < -0.39 is 0 Å². The summed E-state index contributed by atoms with van der Waals surface area (Å²) in [7, 11) is 0. The van der Waals surface area contributed by atoms with E-state index in [4.69, 9.17) is 5.73 Å². The van der Waals surface area contributed by atoms with Gasteiger partial charge in [-0.2, -0.15) is 0 Å². The van der Waals surface area contributed by atoms with E-state index >= 15 is 0 Å². The maximum atomic E-state index is 5.82. The van der Waals surface area contributed by atoms with Gasteiger partial charge in [-0.1, -0.05) is 30.3 Å². The second-order valence-corrected chi connectivity index (χ2v) is 6.13. The van der Waals surface area contributed by atoms with Crippen molar-refractivity contribution in [3.63, 3.8) is 0 Å². The molecule has 1 aromatic carbocycles. The fraction of sp³-hybridized carbons (Fsp3) is 0.625. The molecule has 1 saturated heterocycles. The normalized spacial score (nSPS) is 24.1. The van der Waals surface area contributed by atoms with Gasteiger partial charge < -0.3 is 5.73 Å². The minimum Gasteiger partial charge on any atom is -0.330 e. The second-order valence-electron chi connectivity index (χ2n) is 6.13. The maximum Gasteiger partial charge on any atom is 0.0156 e. The van der Waals surface area contributed by atoms with Crippen LogP contribution in [0.3, 0.4) is 0 Å². The lowest BCUT2D eigenvalue weighted by molar-refractivity contribution is 0.0501. The van der Waals surface area contributed by atoms with Gasteiger partial charge in [0.25, 0.3) is 0 Å². The Morgan fingerprint density at radius 3 is 2.61 bits per heavy atom. The number of hydrogen-bond acceptors (Lipinski definition) is 2. The highest BCUT2D eigenvalue weighted by Gasteiger charge is 2.33. The Morgan fingerprint density at radius 2 is 2.00 bits per heavy atom. The summed E-state index contributed by atoms with van der Waals surface area (Å²) in [6.45, 7) is 7.92. The first kappa shape index (κ1) is 13.6. The van der Waals surface area contributed by atoms with E-state index in [0.29, 0.717) is 11.5 Å². The van der Waals surface area contributed by atoms with E-state index in [2.05, 4.69) is 49.1 Å². The van der Waals surface area contributed by atoms with Crippen molar-refractivity contribution in [1.29, 1.82) is 0 Å². The maximum absolute atomic E-state index is 5.82. The van der Waals surface area contributed by atoms with Crippen LogP contribution in [-0.2, 0) is 6.42 Å². The van der Waals surface area contributed by atoms with Crippen LogP contribution in [-0.4, -0.2) is 30.1 Å². The van der Waals surface area contributed by atoms with Crippen molar-refractivity contribution in [2.45, 2.75) is 38.6 Å². The molecule has 1 aliphatic heterocycles. The summed E-state index contributed by atoms with van der Waals surface area (Å²) < 4.78 is 0. The van der Waals surface area contributed by atoms with Gasteiger partial charge in [0.15, 0.2) is 0 Å². The quantitative estimate of drug-likeness (QED) is 0.885. The Kier molecular flexibility index (Phi) is 4.41. The van der Waals surface area contributed by atoms with Gasteiger partial charge in [0, 0.05) is 12.1 Å². The van der Waals surface area contributed by atoms with Crippen LogP contribution < -0.4 is 5.73 Å². The minimum atomic E-state index is 0.303. The zero-order valence-electron chi connectivity index (χ0n) is 11.7. The van der Waals surface area contributed by atoms with Crippen molar-refractivity contribution in [1.82, 2.24) is 4.90 Å². The molecule has 1 aliphatic rings. The number of benzene rings is 1. The molecule has 1 heterocycles. The van der Waals surface area contributed by atoms with Crippen LogP contribution in [0.1, 0.15) is 32.3 Å². The summed E-state index contributed by atoms with van der Waals surface area (Å²) in [6, 6.07) is 10.8. The molecular formula is C16H26N2. The summed E-state index contributed by atoms with van der Waals surface area (Å²) in [5.41, 5.74) is 7.56. The van der Waals surface area contributed by atoms with Crippen molar-refractivity contribution in [3.05, 3.63) is 35.9 Å². The van der Waals surface area contributed by atoms with Crippen LogP contribution in [0.15, 0.2) is 30.3 Å². The molecule has 0 amide bonds. The molecule has 0 aliphatic carbocycles. The Balaban J connectivity index is 1.90. The highest BCUT2D eigenvalue weighted by Crippen LogP contribution is 2.30. The molecule has 18 heavy (non-hydrogen) atoms. The van der Waals surface area contributed by atoms with E-state index in [1.807, 2.05) is 0 Å².